The van der Waals surface area contributed by atoms with Gasteiger partial charge in [0, 0.05) is 6.08 Å². The van der Waals surface area contributed by atoms with Gasteiger partial charge in [0.05, 0.1) is 10.6 Å². The van der Waals surface area contributed by atoms with Gasteiger partial charge in [0.1, 0.15) is 0 Å². The second-order valence-electron chi connectivity index (χ2n) is 1.89. The summed E-state index contributed by atoms with van der Waals surface area (Å²) in [6.45, 7) is 1.78. The van der Waals surface area contributed by atoms with Crippen LogP contribution in [0.15, 0.2) is 6.08 Å². The van der Waals surface area contributed by atoms with Crippen LogP contribution in [0.5, 0.6) is 0 Å². The molecule has 5 heteroatoms. The van der Waals surface area contributed by atoms with Crippen LogP contribution in [0, 0.1) is 6.92 Å². The van der Waals surface area contributed by atoms with Crippen molar-refractivity contribution in [2.45, 2.75) is 6.92 Å². The molecule has 4 nitrogen and oxygen atoms in total. The van der Waals surface area contributed by atoms with Gasteiger partial charge in [-0.2, -0.15) is 0 Å². The highest BCUT2D eigenvalue weighted by molar-refractivity contribution is 7.06. The standard InChI is InChI=1S/C6H6N2O2S/c1-4-5(11-8-7-4)2-3-6(9)10/h2-3H,1H3,(H,9,10). The average molecular weight is 170 g/mol. The molecule has 0 aliphatic rings. The van der Waals surface area contributed by atoms with E-state index in [0.29, 0.717) is 0 Å². The number of aromatic nitrogens is 2. The highest BCUT2D eigenvalue weighted by Crippen LogP contribution is 2.10. The SMILES string of the molecule is Cc1nnsc1C=CC(=O)O. The van der Waals surface area contributed by atoms with E-state index in [0.717, 1.165) is 16.6 Å². The summed E-state index contributed by atoms with van der Waals surface area (Å²) >= 11 is 1.18. The lowest BCUT2D eigenvalue weighted by Gasteiger charge is -1.82. The maximum absolute atomic E-state index is 10.1. The van der Waals surface area contributed by atoms with E-state index in [2.05, 4.69) is 9.59 Å². The molecule has 0 fully saturated rings. The summed E-state index contributed by atoms with van der Waals surface area (Å²) in [5, 5.41) is 12.0. The van der Waals surface area contributed by atoms with Crippen molar-refractivity contribution in [3.05, 3.63) is 16.6 Å². The van der Waals surface area contributed by atoms with E-state index in [-0.39, 0.29) is 0 Å². The topological polar surface area (TPSA) is 63.1 Å². The molecular weight excluding hydrogens is 164 g/mol. The Morgan fingerprint density at radius 2 is 2.45 bits per heavy atom. The van der Waals surface area contributed by atoms with Crippen LogP contribution >= 0.6 is 11.5 Å². The van der Waals surface area contributed by atoms with E-state index in [1.807, 2.05) is 0 Å². The first-order valence-electron chi connectivity index (χ1n) is 2.90. The molecule has 11 heavy (non-hydrogen) atoms. The molecule has 0 amide bonds. The average Bonchev–Trinajstić information content (AvgIpc) is 2.31. The summed E-state index contributed by atoms with van der Waals surface area (Å²) in [7, 11) is 0. The molecule has 0 radical (unpaired) electrons. The lowest BCUT2D eigenvalue weighted by molar-refractivity contribution is -0.131. The van der Waals surface area contributed by atoms with Crippen molar-refractivity contribution in [3.63, 3.8) is 0 Å². The van der Waals surface area contributed by atoms with Gasteiger partial charge in [-0.3, -0.25) is 0 Å². The molecule has 0 atom stereocenters. The third-order valence-corrected chi connectivity index (χ3v) is 1.86. The number of aliphatic carboxylic acids is 1. The van der Waals surface area contributed by atoms with Gasteiger partial charge in [0.25, 0.3) is 0 Å². The van der Waals surface area contributed by atoms with Crippen LogP contribution in [0.2, 0.25) is 0 Å². The minimum absolute atomic E-state index is 0.757. The van der Waals surface area contributed by atoms with Crippen molar-refractivity contribution in [1.29, 1.82) is 0 Å². The van der Waals surface area contributed by atoms with Crippen LogP contribution in [0.4, 0.5) is 0 Å². The molecule has 58 valence electrons. The maximum atomic E-state index is 10.1. The summed E-state index contributed by atoms with van der Waals surface area (Å²) in [6.07, 6.45) is 2.56. The molecule has 0 unspecified atom stereocenters. The van der Waals surface area contributed by atoms with Crippen molar-refractivity contribution >= 4 is 23.6 Å². The van der Waals surface area contributed by atoms with E-state index >= 15 is 0 Å². The number of hydrogen-bond acceptors (Lipinski definition) is 4. The smallest absolute Gasteiger partial charge is 0.328 e. The molecule has 0 saturated heterocycles. The Morgan fingerprint density at radius 1 is 1.73 bits per heavy atom. The number of carboxylic acids is 1. The summed E-state index contributed by atoms with van der Waals surface area (Å²) in [6, 6.07) is 0. The van der Waals surface area contributed by atoms with Crippen LogP contribution < -0.4 is 0 Å². The van der Waals surface area contributed by atoms with Crippen molar-refractivity contribution < 1.29 is 9.90 Å². The zero-order valence-electron chi connectivity index (χ0n) is 5.81. The Bertz CT molecular complexity index is 293. The lowest BCUT2D eigenvalue weighted by atomic mass is 10.3. The van der Waals surface area contributed by atoms with E-state index in [4.69, 9.17) is 5.11 Å². The zero-order valence-corrected chi connectivity index (χ0v) is 6.63. The van der Waals surface area contributed by atoms with E-state index in [9.17, 15) is 4.79 Å². The predicted octanol–water partition coefficient (Wildman–Crippen LogP) is 0.944. The van der Waals surface area contributed by atoms with Crippen LogP contribution in [-0.2, 0) is 4.79 Å². The van der Waals surface area contributed by atoms with Gasteiger partial charge >= 0.3 is 5.97 Å². The number of carboxylic acid groups (broad SMARTS) is 1. The summed E-state index contributed by atoms with van der Waals surface area (Å²) in [5.74, 6) is -0.960. The molecule has 0 bridgehead atoms. The molecule has 0 aliphatic heterocycles. The molecule has 1 aromatic heterocycles. The van der Waals surface area contributed by atoms with E-state index < -0.39 is 5.97 Å². The van der Waals surface area contributed by atoms with Crippen LogP contribution in [-0.4, -0.2) is 20.7 Å². The lowest BCUT2D eigenvalue weighted by Crippen LogP contribution is -1.85. The predicted molar refractivity (Wildman–Crippen MR) is 41.3 cm³/mol. The molecular formula is C6H6N2O2S. The van der Waals surface area contributed by atoms with E-state index in [1.54, 1.807) is 6.92 Å². The quantitative estimate of drug-likeness (QED) is 0.671. The third kappa shape index (κ3) is 2.12. The summed E-state index contributed by atoms with van der Waals surface area (Å²) < 4.78 is 3.65. The van der Waals surface area contributed by atoms with Gasteiger partial charge in [-0.25, -0.2) is 4.79 Å². The van der Waals surface area contributed by atoms with Gasteiger partial charge in [-0.15, -0.1) is 5.10 Å². The molecule has 0 aromatic carbocycles. The highest BCUT2D eigenvalue weighted by atomic mass is 32.1. The highest BCUT2D eigenvalue weighted by Gasteiger charge is 1.97. The molecule has 1 rings (SSSR count). The van der Waals surface area contributed by atoms with Crippen LogP contribution in [0.3, 0.4) is 0 Å². The second kappa shape index (κ2) is 3.25. The van der Waals surface area contributed by atoms with Gasteiger partial charge in [-0.05, 0) is 24.5 Å². The fraction of sp³-hybridized carbons (Fsp3) is 0.167. The Hall–Kier alpha value is -1.23. The monoisotopic (exact) mass is 170 g/mol. The minimum atomic E-state index is -0.960. The second-order valence-corrected chi connectivity index (χ2v) is 2.68. The maximum Gasteiger partial charge on any atom is 0.328 e. The number of aryl methyl sites for hydroxylation is 1. The fourth-order valence-corrected chi connectivity index (χ4v) is 1.09. The van der Waals surface area contributed by atoms with Crippen molar-refractivity contribution in [1.82, 2.24) is 9.59 Å². The molecule has 0 aliphatic carbocycles. The Labute approximate surface area is 67.3 Å². The number of hydrogen-bond donors (Lipinski definition) is 1. The number of rotatable bonds is 2. The molecule has 1 aromatic rings. The molecule has 0 spiro atoms. The summed E-state index contributed by atoms with van der Waals surface area (Å²) in [4.78, 5) is 10.9. The van der Waals surface area contributed by atoms with Crippen molar-refractivity contribution in [2.24, 2.45) is 0 Å². The first-order valence-corrected chi connectivity index (χ1v) is 3.67. The first kappa shape index (κ1) is 7.87. The van der Waals surface area contributed by atoms with Crippen molar-refractivity contribution in [3.8, 4) is 0 Å². The third-order valence-electron chi connectivity index (χ3n) is 1.06. The number of nitrogens with zero attached hydrogens (tertiary/aromatic N) is 2. The molecule has 0 saturated carbocycles. The Balaban J connectivity index is 2.79. The van der Waals surface area contributed by atoms with Crippen LogP contribution in [0.1, 0.15) is 10.6 Å². The summed E-state index contributed by atoms with van der Waals surface area (Å²) in [5.41, 5.74) is 0.757. The molecule has 1 N–H and O–H groups in total. The Kier molecular flexibility index (Phi) is 2.32. The van der Waals surface area contributed by atoms with Crippen LogP contribution in [0.25, 0.3) is 6.08 Å². The zero-order chi connectivity index (χ0) is 8.27. The molecule has 1 heterocycles. The van der Waals surface area contributed by atoms with Crippen molar-refractivity contribution in [2.75, 3.05) is 0 Å². The normalized spacial score (nSPS) is 10.6. The largest absolute Gasteiger partial charge is 0.478 e. The van der Waals surface area contributed by atoms with Gasteiger partial charge in [-0.1, -0.05) is 4.49 Å². The van der Waals surface area contributed by atoms with Gasteiger partial charge < -0.3 is 5.11 Å². The first-order chi connectivity index (χ1) is 5.20. The Morgan fingerprint density at radius 3 is 2.91 bits per heavy atom. The fourth-order valence-electron chi connectivity index (χ4n) is 0.539. The van der Waals surface area contributed by atoms with E-state index in [1.165, 1.54) is 17.6 Å². The number of carbonyl (C=O) groups is 1. The minimum Gasteiger partial charge on any atom is -0.478 e. The van der Waals surface area contributed by atoms with Gasteiger partial charge in [0.2, 0.25) is 0 Å². The van der Waals surface area contributed by atoms with Gasteiger partial charge in [0.15, 0.2) is 0 Å².